The molecule has 3 aromatic rings. The van der Waals surface area contributed by atoms with Crippen molar-refractivity contribution in [2.45, 2.75) is 45.1 Å². The molecule has 1 N–H and O–H groups in total. The van der Waals surface area contributed by atoms with Crippen LogP contribution < -0.4 is 10.1 Å². The molecule has 2 heterocycles. The first-order chi connectivity index (χ1) is 14.0. The summed E-state index contributed by atoms with van der Waals surface area (Å²) in [6.45, 7) is 2.30. The Morgan fingerprint density at radius 2 is 2.03 bits per heavy atom. The number of anilines is 2. The Morgan fingerprint density at radius 3 is 2.79 bits per heavy atom. The average Bonchev–Trinajstić information content (AvgIpc) is 3.20. The fraction of sp³-hybridized carbons (Fsp3) is 0.364. The van der Waals surface area contributed by atoms with Gasteiger partial charge in [0.25, 0.3) is 0 Å². The number of nitrogens with zero attached hydrogens (tertiary/aromatic N) is 2. The number of thiazole rings is 1. The third-order valence-electron chi connectivity index (χ3n) is 5.43. The summed E-state index contributed by atoms with van der Waals surface area (Å²) < 4.78 is 20.0. The second-order valence-electron chi connectivity index (χ2n) is 7.83. The molecular formula is C22H23ClFN3OS. The van der Waals surface area contributed by atoms with E-state index < -0.39 is 5.82 Å². The zero-order valence-electron chi connectivity index (χ0n) is 16.2. The van der Waals surface area contributed by atoms with Crippen LogP contribution in [0.2, 0.25) is 5.02 Å². The highest BCUT2D eigenvalue weighted by Gasteiger charge is 2.33. The molecule has 4 nitrogen and oxygen atoms in total. The number of rotatable bonds is 6. The van der Waals surface area contributed by atoms with E-state index in [0.29, 0.717) is 0 Å². The van der Waals surface area contributed by atoms with E-state index in [9.17, 15) is 4.39 Å². The van der Waals surface area contributed by atoms with Crippen molar-refractivity contribution in [3.63, 3.8) is 0 Å². The molecule has 2 aromatic heterocycles. The van der Waals surface area contributed by atoms with E-state index in [4.69, 9.17) is 21.3 Å². The van der Waals surface area contributed by atoms with Gasteiger partial charge in [0.2, 0.25) is 0 Å². The minimum Gasteiger partial charge on any atom is -0.487 e. The third kappa shape index (κ3) is 5.06. The molecule has 0 aliphatic heterocycles. The molecule has 0 amide bonds. The number of aromatic nitrogens is 2. The molecule has 1 fully saturated rings. The first kappa shape index (κ1) is 20.1. The van der Waals surface area contributed by atoms with Gasteiger partial charge in [-0.05, 0) is 61.8 Å². The lowest BCUT2D eigenvalue weighted by Gasteiger charge is -2.37. The molecule has 1 saturated carbocycles. The standard InChI is InChI=1S/C22H23ClFN3OS/c1-22(14-15-4-2-7-19(26-15)27-21-25-12-13-29-21)10-8-16(9-11-22)28-18-6-3-5-17(23)20(18)24/h2-7,12-13,16H,8-11,14H2,1H3,(H,25,26,27). The molecular weight excluding hydrogens is 409 g/mol. The Morgan fingerprint density at radius 1 is 1.24 bits per heavy atom. The number of hydrogen-bond donors (Lipinski definition) is 1. The van der Waals surface area contributed by atoms with Gasteiger partial charge in [0.05, 0.1) is 11.1 Å². The second kappa shape index (κ2) is 8.67. The summed E-state index contributed by atoms with van der Waals surface area (Å²) in [6, 6.07) is 10.9. The average molecular weight is 432 g/mol. The summed E-state index contributed by atoms with van der Waals surface area (Å²) in [4.78, 5) is 9.00. The van der Waals surface area contributed by atoms with Crippen LogP contribution >= 0.6 is 22.9 Å². The van der Waals surface area contributed by atoms with Crippen molar-refractivity contribution in [2.24, 2.45) is 5.41 Å². The third-order valence-corrected chi connectivity index (χ3v) is 6.41. The van der Waals surface area contributed by atoms with E-state index in [-0.39, 0.29) is 22.3 Å². The van der Waals surface area contributed by atoms with E-state index >= 15 is 0 Å². The van der Waals surface area contributed by atoms with Gasteiger partial charge in [-0.2, -0.15) is 0 Å². The zero-order valence-corrected chi connectivity index (χ0v) is 17.8. The van der Waals surface area contributed by atoms with Gasteiger partial charge < -0.3 is 10.1 Å². The molecule has 152 valence electrons. The monoisotopic (exact) mass is 431 g/mol. The van der Waals surface area contributed by atoms with Crippen LogP contribution in [0.25, 0.3) is 0 Å². The van der Waals surface area contributed by atoms with Gasteiger partial charge in [-0.1, -0.05) is 30.7 Å². The predicted octanol–water partition coefficient (Wildman–Crippen LogP) is 6.64. The minimum absolute atomic E-state index is 0.0157. The van der Waals surface area contributed by atoms with E-state index in [0.717, 1.165) is 48.7 Å². The Balaban J connectivity index is 1.35. The maximum Gasteiger partial charge on any atom is 0.188 e. The van der Waals surface area contributed by atoms with Crippen molar-refractivity contribution in [3.8, 4) is 5.75 Å². The lowest BCUT2D eigenvalue weighted by atomic mass is 9.72. The predicted molar refractivity (Wildman–Crippen MR) is 116 cm³/mol. The van der Waals surface area contributed by atoms with Crippen LogP contribution in [0.1, 0.15) is 38.3 Å². The topological polar surface area (TPSA) is 47.0 Å². The number of pyridine rings is 1. The first-order valence-corrected chi connectivity index (χ1v) is 11.0. The van der Waals surface area contributed by atoms with Gasteiger partial charge in [-0.15, -0.1) is 11.3 Å². The van der Waals surface area contributed by atoms with Gasteiger partial charge in [0.1, 0.15) is 5.82 Å². The minimum atomic E-state index is -0.476. The molecule has 0 atom stereocenters. The fourth-order valence-corrected chi connectivity index (χ4v) is 4.52. The van der Waals surface area contributed by atoms with Crippen LogP contribution in [-0.4, -0.2) is 16.1 Å². The number of hydrogen-bond acceptors (Lipinski definition) is 5. The van der Waals surface area contributed by atoms with Crippen molar-refractivity contribution < 1.29 is 9.13 Å². The smallest absolute Gasteiger partial charge is 0.188 e. The Bertz CT molecular complexity index is 958. The molecule has 29 heavy (non-hydrogen) atoms. The van der Waals surface area contributed by atoms with Crippen molar-refractivity contribution >= 4 is 33.9 Å². The molecule has 4 rings (SSSR count). The van der Waals surface area contributed by atoms with Crippen LogP contribution in [0.3, 0.4) is 0 Å². The van der Waals surface area contributed by atoms with Crippen molar-refractivity contribution in [2.75, 3.05) is 5.32 Å². The van der Waals surface area contributed by atoms with Crippen LogP contribution in [-0.2, 0) is 6.42 Å². The summed E-state index contributed by atoms with van der Waals surface area (Å²) >= 11 is 7.40. The highest BCUT2D eigenvalue weighted by molar-refractivity contribution is 7.13. The molecule has 7 heteroatoms. The van der Waals surface area contributed by atoms with Gasteiger partial charge in [0, 0.05) is 17.3 Å². The first-order valence-electron chi connectivity index (χ1n) is 9.74. The Hall–Kier alpha value is -2.18. The fourth-order valence-electron chi connectivity index (χ4n) is 3.82. The number of halogens is 2. The largest absolute Gasteiger partial charge is 0.487 e. The summed E-state index contributed by atoms with van der Waals surface area (Å²) in [5, 5.41) is 6.12. The van der Waals surface area contributed by atoms with E-state index in [1.54, 1.807) is 29.7 Å². The maximum atomic E-state index is 14.1. The van der Waals surface area contributed by atoms with E-state index in [1.807, 2.05) is 17.5 Å². The van der Waals surface area contributed by atoms with Gasteiger partial charge in [-0.3, -0.25) is 0 Å². The highest BCUT2D eigenvalue weighted by Crippen LogP contribution is 2.40. The maximum absolute atomic E-state index is 14.1. The lowest BCUT2D eigenvalue weighted by molar-refractivity contribution is 0.0855. The number of benzene rings is 1. The summed E-state index contributed by atoms with van der Waals surface area (Å²) in [5.74, 6) is 0.583. The molecule has 0 saturated heterocycles. The van der Waals surface area contributed by atoms with E-state index in [1.165, 1.54) is 6.07 Å². The molecule has 0 spiro atoms. The van der Waals surface area contributed by atoms with Gasteiger partial charge >= 0.3 is 0 Å². The molecule has 0 unspecified atom stereocenters. The van der Waals surface area contributed by atoms with Crippen molar-refractivity contribution in [1.82, 2.24) is 9.97 Å². The van der Waals surface area contributed by atoms with Crippen molar-refractivity contribution in [1.29, 1.82) is 0 Å². The van der Waals surface area contributed by atoms with Crippen molar-refractivity contribution in [3.05, 3.63) is 64.5 Å². The van der Waals surface area contributed by atoms with Gasteiger partial charge in [-0.25, -0.2) is 14.4 Å². The zero-order chi connectivity index (χ0) is 20.3. The second-order valence-corrected chi connectivity index (χ2v) is 9.13. The van der Waals surface area contributed by atoms with Crippen LogP contribution in [0, 0.1) is 11.2 Å². The summed E-state index contributed by atoms with van der Waals surface area (Å²) in [7, 11) is 0. The van der Waals surface area contributed by atoms with Crippen LogP contribution in [0.4, 0.5) is 15.3 Å². The lowest BCUT2D eigenvalue weighted by Crippen LogP contribution is -2.32. The Kier molecular flexibility index (Phi) is 6.01. The summed E-state index contributed by atoms with van der Waals surface area (Å²) in [5.41, 5.74) is 1.22. The van der Waals surface area contributed by atoms with Crippen LogP contribution in [0.5, 0.6) is 5.75 Å². The molecule has 1 aliphatic rings. The highest BCUT2D eigenvalue weighted by atomic mass is 35.5. The molecule has 0 bridgehead atoms. The van der Waals surface area contributed by atoms with Gasteiger partial charge in [0.15, 0.2) is 16.7 Å². The SMILES string of the molecule is CC1(Cc2cccc(Nc3nccs3)n2)CCC(Oc2cccc(Cl)c2F)CC1. The normalized spacial score (nSPS) is 21.7. The van der Waals surface area contributed by atoms with E-state index in [2.05, 4.69) is 23.3 Å². The summed E-state index contributed by atoms with van der Waals surface area (Å²) in [6.07, 6.45) is 6.48. The Labute approximate surface area is 179 Å². The molecule has 0 radical (unpaired) electrons. The number of nitrogens with one attached hydrogen (secondary N) is 1. The number of ether oxygens (including phenoxy) is 1. The quantitative estimate of drug-likeness (QED) is 0.475. The molecule has 1 aliphatic carbocycles. The van der Waals surface area contributed by atoms with Crippen LogP contribution in [0.15, 0.2) is 48.0 Å². The molecule has 1 aromatic carbocycles.